The van der Waals surface area contributed by atoms with E-state index in [9.17, 15) is 25.2 Å². The van der Waals surface area contributed by atoms with Crippen LogP contribution >= 0.6 is 0 Å². The summed E-state index contributed by atoms with van der Waals surface area (Å²) in [7, 11) is 0. The molecule has 384 valence electrons. The Morgan fingerprint density at radius 2 is 0.531 bits per heavy atom. The van der Waals surface area contributed by atoms with Crippen molar-refractivity contribution in [2.24, 2.45) is 0 Å². The summed E-state index contributed by atoms with van der Waals surface area (Å²) < 4.78 is 0. The van der Waals surface area contributed by atoms with Crippen LogP contribution in [-0.2, 0) is 4.79 Å². The Balaban J connectivity index is 3.53. The molecular weight excluding hydrogens is 791 g/mol. The molecule has 0 spiro atoms. The number of hydrogen-bond donors (Lipinski definition) is 5. The number of rotatable bonds is 55. The van der Waals surface area contributed by atoms with Gasteiger partial charge in [-0.15, -0.1) is 0 Å². The van der Waals surface area contributed by atoms with Gasteiger partial charge in [-0.1, -0.05) is 322 Å². The van der Waals surface area contributed by atoms with Crippen LogP contribution < -0.4 is 5.32 Å². The van der Waals surface area contributed by atoms with Gasteiger partial charge in [0, 0.05) is 0 Å². The maximum absolute atomic E-state index is 12.6. The fraction of sp³-hybridized carbons (Fsp3) is 0.983. The van der Waals surface area contributed by atoms with E-state index in [1.807, 2.05) is 0 Å². The lowest BCUT2D eigenvalue weighted by Gasteiger charge is -2.27. The van der Waals surface area contributed by atoms with Gasteiger partial charge in [-0.2, -0.15) is 0 Å². The van der Waals surface area contributed by atoms with E-state index in [-0.39, 0.29) is 0 Å². The predicted molar refractivity (Wildman–Crippen MR) is 279 cm³/mol. The Morgan fingerprint density at radius 3 is 0.750 bits per heavy atom. The molecule has 0 aromatic carbocycles. The van der Waals surface area contributed by atoms with Crippen molar-refractivity contribution in [3.05, 3.63) is 0 Å². The van der Waals surface area contributed by atoms with Gasteiger partial charge >= 0.3 is 0 Å². The van der Waals surface area contributed by atoms with E-state index in [0.29, 0.717) is 12.8 Å². The molecule has 4 atom stereocenters. The van der Waals surface area contributed by atoms with Gasteiger partial charge in [0.2, 0.25) is 5.91 Å². The van der Waals surface area contributed by atoms with Gasteiger partial charge in [0.1, 0.15) is 12.2 Å². The summed E-state index contributed by atoms with van der Waals surface area (Å²) >= 11 is 0. The molecule has 0 aliphatic carbocycles. The molecule has 0 aromatic rings. The van der Waals surface area contributed by atoms with Crippen molar-refractivity contribution in [2.75, 3.05) is 6.61 Å². The maximum atomic E-state index is 12.6. The first kappa shape index (κ1) is 63.3. The third kappa shape index (κ3) is 46.4. The Kier molecular flexibility index (Phi) is 52.7. The summed E-state index contributed by atoms with van der Waals surface area (Å²) in [6.07, 6.45) is 61.9. The minimum atomic E-state index is -1.25. The van der Waals surface area contributed by atoms with Crippen LogP contribution in [0.25, 0.3) is 0 Å². The van der Waals surface area contributed by atoms with E-state index in [1.165, 1.54) is 270 Å². The average molecular weight is 909 g/mol. The number of aliphatic hydroxyl groups excluding tert-OH is 4. The van der Waals surface area contributed by atoms with Gasteiger partial charge in [0.25, 0.3) is 0 Å². The third-order valence-corrected chi connectivity index (χ3v) is 14.3. The fourth-order valence-corrected chi connectivity index (χ4v) is 9.70. The molecule has 0 fully saturated rings. The number of carbonyl (C=O) groups is 1. The SMILES string of the molecule is CCCCCCCCCCCCCCCCCCCCCCCCCCCCCCCCCC(O)C(=O)NC(CO)C(O)C(O)CCCCCCCCCCCCCCCCCCC. The molecule has 4 unspecified atom stereocenters. The van der Waals surface area contributed by atoms with Crippen molar-refractivity contribution in [3.8, 4) is 0 Å². The summed E-state index contributed by atoms with van der Waals surface area (Å²) in [6, 6.07) is -0.980. The van der Waals surface area contributed by atoms with Crippen LogP contribution in [0.15, 0.2) is 0 Å². The molecule has 0 rings (SSSR count). The first-order chi connectivity index (χ1) is 31.5. The zero-order valence-corrected chi connectivity index (χ0v) is 43.6. The molecule has 64 heavy (non-hydrogen) atoms. The quantitative estimate of drug-likeness (QED) is 0.0391. The molecule has 0 aliphatic heterocycles. The van der Waals surface area contributed by atoms with Crippen LogP contribution in [0.5, 0.6) is 0 Å². The highest BCUT2D eigenvalue weighted by Gasteiger charge is 2.28. The second-order valence-electron chi connectivity index (χ2n) is 20.7. The number of amides is 1. The molecule has 0 saturated carbocycles. The van der Waals surface area contributed by atoms with Crippen LogP contribution in [0.2, 0.25) is 0 Å². The topological polar surface area (TPSA) is 110 Å². The monoisotopic (exact) mass is 908 g/mol. The standard InChI is InChI=1S/C58H117NO5/c1-3-5-7-9-11-13-15-17-19-21-22-23-24-25-26-27-28-29-30-31-32-33-34-36-38-40-42-44-46-48-50-52-56(62)58(64)59-54(53-60)57(63)55(61)51-49-47-45-43-41-39-37-35-20-18-16-14-12-10-8-6-4-2/h54-57,60-63H,3-53H2,1-2H3,(H,59,64). The zero-order valence-electron chi connectivity index (χ0n) is 43.6. The lowest BCUT2D eigenvalue weighted by Crippen LogP contribution is -2.53. The van der Waals surface area contributed by atoms with E-state index in [0.717, 1.165) is 38.5 Å². The molecule has 0 radical (unpaired) electrons. The average Bonchev–Trinajstić information content (AvgIpc) is 3.30. The van der Waals surface area contributed by atoms with Crippen LogP contribution in [0, 0.1) is 0 Å². The largest absolute Gasteiger partial charge is 0.394 e. The van der Waals surface area contributed by atoms with Crippen LogP contribution in [-0.4, -0.2) is 57.3 Å². The number of unbranched alkanes of at least 4 members (excludes halogenated alkanes) is 46. The van der Waals surface area contributed by atoms with Crippen molar-refractivity contribution in [3.63, 3.8) is 0 Å². The van der Waals surface area contributed by atoms with E-state index in [1.54, 1.807) is 0 Å². The van der Waals surface area contributed by atoms with Crippen molar-refractivity contribution in [2.45, 2.75) is 359 Å². The predicted octanol–water partition coefficient (Wildman–Crippen LogP) is 17.1. The minimum Gasteiger partial charge on any atom is -0.394 e. The van der Waals surface area contributed by atoms with Crippen LogP contribution in [0.3, 0.4) is 0 Å². The zero-order chi connectivity index (χ0) is 46.7. The minimum absolute atomic E-state index is 0.376. The molecule has 1 amide bonds. The van der Waals surface area contributed by atoms with Gasteiger partial charge in [-0.05, 0) is 12.8 Å². The summed E-state index contributed by atoms with van der Waals surface area (Å²) in [6.45, 7) is 4.10. The molecule has 6 heteroatoms. The summed E-state index contributed by atoms with van der Waals surface area (Å²) in [5, 5.41) is 44.0. The number of carbonyl (C=O) groups excluding carboxylic acids is 1. The van der Waals surface area contributed by atoms with Gasteiger partial charge in [-0.3, -0.25) is 4.79 Å². The lowest BCUT2D eigenvalue weighted by atomic mass is 9.99. The van der Waals surface area contributed by atoms with Gasteiger partial charge in [-0.25, -0.2) is 0 Å². The Morgan fingerprint density at radius 1 is 0.328 bits per heavy atom. The molecule has 0 saturated heterocycles. The smallest absolute Gasteiger partial charge is 0.249 e. The third-order valence-electron chi connectivity index (χ3n) is 14.3. The van der Waals surface area contributed by atoms with Gasteiger partial charge in [0.15, 0.2) is 0 Å². The molecular formula is C58H117NO5. The fourth-order valence-electron chi connectivity index (χ4n) is 9.70. The first-order valence-electron chi connectivity index (χ1n) is 29.4. The van der Waals surface area contributed by atoms with E-state index in [4.69, 9.17) is 0 Å². The second-order valence-corrected chi connectivity index (χ2v) is 20.7. The lowest BCUT2D eigenvalue weighted by molar-refractivity contribution is -0.132. The number of nitrogens with one attached hydrogen (secondary N) is 1. The van der Waals surface area contributed by atoms with Crippen LogP contribution in [0.1, 0.15) is 335 Å². The first-order valence-corrected chi connectivity index (χ1v) is 29.4. The van der Waals surface area contributed by atoms with Gasteiger partial charge in [0.05, 0.1) is 18.8 Å². The highest BCUT2D eigenvalue weighted by atomic mass is 16.3. The maximum Gasteiger partial charge on any atom is 0.249 e. The Hall–Kier alpha value is -0.690. The van der Waals surface area contributed by atoms with E-state index < -0.39 is 36.9 Å². The molecule has 6 nitrogen and oxygen atoms in total. The summed E-state index contributed by atoms with van der Waals surface area (Å²) in [4.78, 5) is 12.6. The Labute approximate surface area is 400 Å². The summed E-state index contributed by atoms with van der Waals surface area (Å²) in [5.74, 6) is -0.575. The Bertz CT molecular complexity index is 887. The molecule has 0 aromatic heterocycles. The van der Waals surface area contributed by atoms with Gasteiger partial charge < -0.3 is 25.7 Å². The highest BCUT2D eigenvalue weighted by Crippen LogP contribution is 2.19. The highest BCUT2D eigenvalue weighted by molar-refractivity contribution is 5.80. The molecule has 0 aliphatic rings. The normalized spacial score (nSPS) is 13.7. The van der Waals surface area contributed by atoms with Crippen molar-refractivity contribution in [1.82, 2.24) is 5.32 Å². The van der Waals surface area contributed by atoms with Crippen molar-refractivity contribution in [1.29, 1.82) is 0 Å². The van der Waals surface area contributed by atoms with Crippen LogP contribution in [0.4, 0.5) is 0 Å². The second kappa shape index (κ2) is 53.3. The van der Waals surface area contributed by atoms with Crippen molar-refractivity contribution >= 4 is 5.91 Å². The molecule has 0 bridgehead atoms. The van der Waals surface area contributed by atoms with E-state index >= 15 is 0 Å². The van der Waals surface area contributed by atoms with E-state index in [2.05, 4.69) is 19.2 Å². The molecule has 0 heterocycles. The number of hydrogen-bond acceptors (Lipinski definition) is 5. The van der Waals surface area contributed by atoms with Crippen molar-refractivity contribution < 1.29 is 25.2 Å². The summed E-state index contributed by atoms with van der Waals surface area (Å²) in [5.41, 5.74) is 0. The number of aliphatic hydroxyl groups is 4. The molecule has 5 N–H and O–H groups in total.